The van der Waals surface area contributed by atoms with Crippen molar-refractivity contribution in [2.24, 2.45) is 0 Å². The van der Waals surface area contributed by atoms with Gasteiger partial charge in [-0.1, -0.05) is 92.6 Å². The highest BCUT2D eigenvalue weighted by molar-refractivity contribution is 6.09. The van der Waals surface area contributed by atoms with Crippen LogP contribution in [0.2, 0.25) is 0 Å². The first-order chi connectivity index (χ1) is 23.1. The van der Waals surface area contributed by atoms with Gasteiger partial charge in [0, 0.05) is 52.9 Å². The van der Waals surface area contributed by atoms with Crippen molar-refractivity contribution in [3.8, 4) is 17.3 Å². The first kappa shape index (κ1) is 32.5. The fourth-order valence-corrected chi connectivity index (χ4v) is 6.55. The van der Waals surface area contributed by atoms with Crippen molar-refractivity contribution in [2.45, 2.75) is 78.6 Å². The summed E-state index contributed by atoms with van der Waals surface area (Å²) in [5, 5.41) is 2.37. The number of anilines is 2. The van der Waals surface area contributed by atoms with Gasteiger partial charge in [0.25, 0.3) is 0 Å². The topological polar surface area (TPSA) is 33.5 Å². The second kappa shape index (κ2) is 11.8. The maximum Gasteiger partial charge on any atom is 0.137 e. The minimum absolute atomic E-state index is 0.0124. The summed E-state index contributed by atoms with van der Waals surface area (Å²) >= 11 is 0. The maximum atomic E-state index is 6.75. The molecule has 6 aromatic rings. The van der Waals surface area contributed by atoms with Crippen molar-refractivity contribution in [2.75, 3.05) is 16.5 Å². The molecule has 7 rings (SSSR count). The molecule has 1 aliphatic heterocycles. The molecule has 0 amide bonds. The van der Waals surface area contributed by atoms with Crippen LogP contribution < -0.4 is 14.5 Å². The van der Waals surface area contributed by atoms with Crippen LogP contribution in [0.25, 0.3) is 27.6 Å². The van der Waals surface area contributed by atoms with E-state index in [9.17, 15) is 0 Å². The Kier molecular flexibility index (Phi) is 7.85. The van der Waals surface area contributed by atoms with E-state index in [0.717, 1.165) is 40.7 Å². The van der Waals surface area contributed by atoms with Gasteiger partial charge in [-0.15, -0.1) is 0 Å². The molecular weight excluding hydrogens is 601 g/mol. The Morgan fingerprint density at radius 2 is 1.18 bits per heavy atom. The van der Waals surface area contributed by atoms with Gasteiger partial charge in [-0.25, -0.2) is 4.98 Å². The maximum absolute atomic E-state index is 6.75. The Balaban J connectivity index is 1.25. The van der Waals surface area contributed by atoms with Crippen LogP contribution in [-0.4, -0.2) is 16.2 Å². The van der Waals surface area contributed by atoms with Gasteiger partial charge in [0.05, 0.1) is 17.7 Å². The zero-order valence-electron chi connectivity index (χ0n) is 30.4. The Morgan fingerprint density at radius 1 is 0.531 bits per heavy atom. The number of rotatable bonds is 5. The molecule has 5 nitrogen and oxygen atoms in total. The average Bonchev–Trinajstić information content (AvgIpc) is 3.67. The highest BCUT2D eigenvalue weighted by Crippen LogP contribution is 2.39. The van der Waals surface area contributed by atoms with E-state index in [0.29, 0.717) is 0 Å². The van der Waals surface area contributed by atoms with Crippen molar-refractivity contribution < 1.29 is 4.74 Å². The van der Waals surface area contributed by atoms with Gasteiger partial charge < -0.3 is 14.5 Å². The van der Waals surface area contributed by atoms with E-state index in [-0.39, 0.29) is 16.2 Å². The zero-order valence-corrected chi connectivity index (χ0v) is 30.4. The molecule has 3 heterocycles. The third kappa shape index (κ3) is 6.42. The van der Waals surface area contributed by atoms with E-state index in [1.807, 2.05) is 6.20 Å². The van der Waals surface area contributed by atoms with Gasteiger partial charge in [-0.2, -0.15) is 0 Å². The number of para-hydroxylation sites is 1. The lowest BCUT2D eigenvalue weighted by Crippen LogP contribution is -2.25. The van der Waals surface area contributed by atoms with Crippen LogP contribution >= 0.6 is 0 Å². The number of ether oxygens (including phenoxy) is 1. The third-order valence-corrected chi connectivity index (χ3v) is 9.59. The summed E-state index contributed by atoms with van der Waals surface area (Å²) in [6.45, 7) is 21.0. The number of fused-ring (bicyclic) bond motifs is 3. The average molecular weight is 649 g/mol. The first-order valence-corrected chi connectivity index (χ1v) is 17.3. The third-order valence-electron chi connectivity index (χ3n) is 9.59. The summed E-state index contributed by atoms with van der Waals surface area (Å²) in [5.41, 5.74) is 8.35. The van der Waals surface area contributed by atoms with E-state index in [4.69, 9.17) is 9.72 Å². The largest absolute Gasteiger partial charge is 0.457 e. The van der Waals surface area contributed by atoms with Gasteiger partial charge >= 0.3 is 0 Å². The molecule has 250 valence electrons. The minimum atomic E-state index is -0.0571. The Morgan fingerprint density at radius 3 is 1.92 bits per heavy atom. The Labute approximate surface area is 291 Å². The minimum Gasteiger partial charge on any atom is -0.457 e. The molecule has 0 bridgehead atoms. The molecular formula is C44H48N4O. The molecule has 0 aliphatic carbocycles. The van der Waals surface area contributed by atoms with Crippen LogP contribution in [0.1, 0.15) is 79.0 Å². The summed E-state index contributed by atoms with van der Waals surface area (Å²) in [5.74, 6) is 2.52. The predicted octanol–water partition coefficient (Wildman–Crippen LogP) is 11.6. The Hall–Kier alpha value is -5.03. The Bertz CT molecular complexity index is 2200. The van der Waals surface area contributed by atoms with Crippen molar-refractivity contribution >= 4 is 33.2 Å². The number of pyridine rings is 1. The van der Waals surface area contributed by atoms with Crippen LogP contribution in [0.15, 0.2) is 116 Å². The van der Waals surface area contributed by atoms with Crippen LogP contribution in [0.5, 0.6) is 11.5 Å². The summed E-state index contributed by atoms with van der Waals surface area (Å²) in [6, 6.07) is 34.8. The second-order valence-electron chi connectivity index (χ2n) is 16.4. The fourth-order valence-electron chi connectivity index (χ4n) is 6.55. The monoisotopic (exact) mass is 648 g/mol. The highest BCUT2D eigenvalue weighted by Gasteiger charge is 2.23. The van der Waals surface area contributed by atoms with Crippen LogP contribution in [0.3, 0.4) is 0 Å². The zero-order chi connectivity index (χ0) is 34.7. The number of nitrogens with zero attached hydrogens (tertiary/aromatic N) is 4. The number of aromatic nitrogens is 2. The van der Waals surface area contributed by atoms with Crippen molar-refractivity contribution in [1.29, 1.82) is 0 Å². The molecule has 49 heavy (non-hydrogen) atoms. The van der Waals surface area contributed by atoms with E-state index in [1.165, 1.54) is 33.2 Å². The van der Waals surface area contributed by atoms with E-state index in [2.05, 4.69) is 186 Å². The molecule has 4 aromatic carbocycles. The number of hydrogen-bond donors (Lipinski definition) is 0. The van der Waals surface area contributed by atoms with Gasteiger partial charge in [-0.05, 0) is 87.5 Å². The normalized spacial score (nSPS) is 14.0. The summed E-state index contributed by atoms with van der Waals surface area (Å²) < 4.78 is 9.02. The quantitative estimate of drug-likeness (QED) is 0.186. The predicted molar refractivity (Wildman–Crippen MR) is 207 cm³/mol. The molecule has 0 spiro atoms. The fraction of sp³-hybridized carbons (Fsp3) is 0.295. The van der Waals surface area contributed by atoms with Crippen molar-refractivity contribution in [1.82, 2.24) is 9.55 Å². The van der Waals surface area contributed by atoms with Gasteiger partial charge in [0.1, 0.15) is 17.3 Å². The molecule has 1 aliphatic rings. The van der Waals surface area contributed by atoms with Crippen molar-refractivity contribution in [3.05, 3.63) is 132 Å². The smallest absolute Gasteiger partial charge is 0.137 e. The lowest BCUT2D eigenvalue weighted by molar-refractivity contribution is 0.479. The van der Waals surface area contributed by atoms with Gasteiger partial charge in [-0.3, -0.25) is 4.57 Å². The van der Waals surface area contributed by atoms with E-state index >= 15 is 0 Å². The molecule has 0 radical (unpaired) electrons. The lowest BCUT2D eigenvalue weighted by atomic mass is 9.86. The van der Waals surface area contributed by atoms with Gasteiger partial charge in [0.2, 0.25) is 0 Å². The highest BCUT2D eigenvalue weighted by atomic mass is 16.5. The first-order valence-electron chi connectivity index (χ1n) is 17.3. The number of hydrogen-bond acceptors (Lipinski definition) is 4. The van der Waals surface area contributed by atoms with Crippen LogP contribution in [0, 0.1) is 0 Å². The molecule has 0 saturated carbocycles. The summed E-state index contributed by atoms with van der Waals surface area (Å²) in [7, 11) is 0. The molecule has 0 fully saturated rings. The molecule has 0 atom stereocenters. The standard InChI is InChI=1S/C44H48N4O/c1-42(2,3)30-13-12-14-33(23-30)46-21-22-47(29-46)34-24-32(44(7,8)9)25-36(27-34)49-35-17-18-38-37-15-10-11-16-39(37)48(40(38)28-35)41-26-31(19-20-45-41)43(4,5)6/h10-28H,29H2,1-9H3. The van der Waals surface area contributed by atoms with Crippen LogP contribution in [0.4, 0.5) is 11.4 Å². The summed E-state index contributed by atoms with van der Waals surface area (Å²) in [4.78, 5) is 9.45. The van der Waals surface area contributed by atoms with Gasteiger partial charge in [0.15, 0.2) is 0 Å². The number of benzene rings is 4. The van der Waals surface area contributed by atoms with E-state index in [1.54, 1.807) is 0 Å². The molecule has 0 saturated heterocycles. The molecule has 2 aromatic heterocycles. The summed E-state index contributed by atoms with van der Waals surface area (Å²) in [6.07, 6.45) is 6.26. The van der Waals surface area contributed by atoms with Crippen molar-refractivity contribution in [3.63, 3.8) is 0 Å². The second-order valence-corrected chi connectivity index (χ2v) is 16.4. The molecule has 0 N–H and O–H groups in total. The lowest BCUT2D eigenvalue weighted by Gasteiger charge is -2.26. The van der Waals surface area contributed by atoms with E-state index < -0.39 is 0 Å². The molecule has 0 unspecified atom stereocenters. The SMILES string of the molecule is CC(C)(C)c1cccc(N2C=CN(c3cc(Oc4ccc5c6ccccc6n(-c6cc(C(C)(C)C)ccn6)c5c4)cc(C(C)(C)C)c3)C2)c1. The van der Waals surface area contributed by atoms with Crippen LogP contribution in [-0.2, 0) is 16.2 Å². The molecule has 5 heteroatoms.